The molecule has 0 aliphatic rings. The van der Waals surface area contributed by atoms with Crippen LogP contribution in [0.3, 0.4) is 0 Å². The maximum Gasteiger partial charge on any atom is 0.134 e. The molecular formula is C16H16F3NO. The summed E-state index contributed by atoms with van der Waals surface area (Å²) in [6, 6.07) is 5.79. The van der Waals surface area contributed by atoms with E-state index in [0.29, 0.717) is 0 Å². The molecule has 2 aromatic carbocycles. The van der Waals surface area contributed by atoms with Gasteiger partial charge in [0, 0.05) is 23.3 Å². The Morgan fingerprint density at radius 2 is 1.62 bits per heavy atom. The summed E-state index contributed by atoms with van der Waals surface area (Å²) in [6.45, 7) is 1.75. The van der Waals surface area contributed by atoms with Crippen LogP contribution in [0.1, 0.15) is 22.7 Å². The lowest BCUT2D eigenvalue weighted by molar-refractivity contribution is 0.403. The summed E-state index contributed by atoms with van der Waals surface area (Å²) in [5.41, 5.74) is 0.689. The van der Waals surface area contributed by atoms with Gasteiger partial charge in [0.25, 0.3) is 0 Å². The Morgan fingerprint density at radius 1 is 1.00 bits per heavy atom. The van der Waals surface area contributed by atoms with Crippen molar-refractivity contribution in [3.8, 4) is 5.75 Å². The summed E-state index contributed by atoms with van der Waals surface area (Å²) >= 11 is 0. The average Bonchev–Trinajstić information content (AvgIpc) is 2.43. The van der Waals surface area contributed by atoms with Crippen LogP contribution in [-0.4, -0.2) is 14.2 Å². The molecule has 112 valence electrons. The number of hydrogen-bond acceptors (Lipinski definition) is 2. The Labute approximate surface area is 121 Å². The molecule has 0 radical (unpaired) electrons. The molecule has 0 spiro atoms. The minimum atomic E-state index is -0.920. The van der Waals surface area contributed by atoms with Crippen LogP contribution in [0.2, 0.25) is 0 Å². The molecule has 5 heteroatoms. The number of rotatable bonds is 4. The molecule has 0 aliphatic carbocycles. The van der Waals surface area contributed by atoms with E-state index < -0.39 is 23.5 Å². The Bertz CT molecular complexity index is 635. The van der Waals surface area contributed by atoms with Crippen molar-refractivity contribution >= 4 is 0 Å². The fourth-order valence-electron chi connectivity index (χ4n) is 2.28. The van der Waals surface area contributed by atoms with Crippen LogP contribution in [-0.2, 0) is 0 Å². The van der Waals surface area contributed by atoms with Crippen molar-refractivity contribution in [1.82, 2.24) is 5.32 Å². The first-order valence-electron chi connectivity index (χ1n) is 6.44. The van der Waals surface area contributed by atoms with Crippen LogP contribution >= 0.6 is 0 Å². The van der Waals surface area contributed by atoms with Crippen molar-refractivity contribution in [2.45, 2.75) is 13.0 Å². The second-order valence-corrected chi connectivity index (χ2v) is 4.75. The maximum atomic E-state index is 14.1. The van der Waals surface area contributed by atoms with Gasteiger partial charge in [0.15, 0.2) is 0 Å². The van der Waals surface area contributed by atoms with Gasteiger partial charge in [-0.3, -0.25) is 0 Å². The second kappa shape index (κ2) is 6.18. The molecule has 2 nitrogen and oxygen atoms in total. The normalized spacial score (nSPS) is 12.3. The van der Waals surface area contributed by atoms with Crippen molar-refractivity contribution in [2.24, 2.45) is 0 Å². The molecule has 0 amide bonds. The van der Waals surface area contributed by atoms with E-state index in [9.17, 15) is 13.2 Å². The first-order chi connectivity index (χ1) is 9.97. The molecule has 0 saturated carbocycles. The van der Waals surface area contributed by atoms with Crippen LogP contribution in [0.4, 0.5) is 13.2 Å². The van der Waals surface area contributed by atoms with Crippen LogP contribution in [0.5, 0.6) is 5.75 Å². The molecule has 1 N–H and O–H groups in total. The minimum absolute atomic E-state index is 0.0768. The molecule has 0 bridgehead atoms. The number of hydrogen-bond donors (Lipinski definition) is 1. The molecular weight excluding hydrogens is 279 g/mol. The fourth-order valence-corrected chi connectivity index (χ4v) is 2.28. The molecule has 21 heavy (non-hydrogen) atoms. The molecule has 2 aromatic rings. The highest BCUT2D eigenvalue weighted by molar-refractivity contribution is 5.39. The van der Waals surface area contributed by atoms with Gasteiger partial charge in [-0.1, -0.05) is 12.1 Å². The quantitative estimate of drug-likeness (QED) is 0.928. The molecule has 1 atom stereocenters. The largest absolute Gasteiger partial charge is 0.497 e. The Balaban J connectivity index is 2.56. The Kier molecular flexibility index (Phi) is 4.53. The van der Waals surface area contributed by atoms with Gasteiger partial charge < -0.3 is 10.1 Å². The zero-order chi connectivity index (χ0) is 15.6. The van der Waals surface area contributed by atoms with Gasteiger partial charge in [-0.25, -0.2) is 13.2 Å². The van der Waals surface area contributed by atoms with Crippen LogP contribution in [0.15, 0.2) is 30.3 Å². The number of methoxy groups -OCH3 is 1. The van der Waals surface area contributed by atoms with Gasteiger partial charge in [-0.05, 0) is 25.6 Å². The summed E-state index contributed by atoms with van der Waals surface area (Å²) in [7, 11) is 2.84. The van der Waals surface area contributed by atoms with Gasteiger partial charge in [0.05, 0.1) is 13.2 Å². The summed E-state index contributed by atoms with van der Waals surface area (Å²) in [5, 5.41) is 2.75. The maximum absolute atomic E-state index is 14.1. The number of nitrogens with one attached hydrogen (secondary N) is 1. The standard InChI is InChI=1S/C16H16F3NO/c1-9-4-5-11(12(17)6-9)16(20-2)15-13(18)7-10(21-3)8-14(15)19/h4-8,16,20H,1-3H3. The van der Waals surface area contributed by atoms with Crippen molar-refractivity contribution in [1.29, 1.82) is 0 Å². The third-order valence-corrected chi connectivity index (χ3v) is 3.33. The lowest BCUT2D eigenvalue weighted by Gasteiger charge is -2.20. The highest BCUT2D eigenvalue weighted by Crippen LogP contribution is 2.31. The van der Waals surface area contributed by atoms with E-state index >= 15 is 0 Å². The number of halogens is 3. The number of benzene rings is 2. The highest BCUT2D eigenvalue weighted by Gasteiger charge is 2.24. The van der Waals surface area contributed by atoms with Gasteiger partial charge in [-0.15, -0.1) is 0 Å². The predicted molar refractivity (Wildman–Crippen MR) is 74.9 cm³/mol. The second-order valence-electron chi connectivity index (χ2n) is 4.75. The van der Waals surface area contributed by atoms with E-state index in [1.54, 1.807) is 13.0 Å². The minimum Gasteiger partial charge on any atom is -0.497 e. The van der Waals surface area contributed by atoms with Crippen molar-refractivity contribution in [2.75, 3.05) is 14.2 Å². The number of aryl methyl sites for hydroxylation is 1. The first kappa shape index (κ1) is 15.4. The third-order valence-electron chi connectivity index (χ3n) is 3.33. The lowest BCUT2D eigenvalue weighted by atomic mass is 9.96. The van der Waals surface area contributed by atoms with Gasteiger partial charge in [0.2, 0.25) is 0 Å². The van der Waals surface area contributed by atoms with Crippen molar-refractivity contribution in [3.05, 3.63) is 64.5 Å². The molecule has 0 fully saturated rings. The highest BCUT2D eigenvalue weighted by atomic mass is 19.1. The lowest BCUT2D eigenvalue weighted by Crippen LogP contribution is -2.21. The SMILES string of the molecule is CNC(c1ccc(C)cc1F)c1c(F)cc(OC)cc1F. The van der Waals surface area contributed by atoms with E-state index in [-0.39, 0.29) is 16.9 Å². The van der Waals surface area contributed by atoms with Gasteiger partial charge in [0.1, 0.15) is 23.2 Å². The topological polar surface area (TPSA) is 21.3 Å². The zero-order valence-electron chi connectivity index (χ0n) is 12.0. The molecule has 2 rings (SSSR count). The molecule has 1 unspecified atom stereocenters. The van der Waals surface area contributed by atoms with Crippen molar-refractivity contribution < 1.29 is 17.9 Å². The first-order valence-corrected chi connectivity index (χ1v) is 6.44. The average molecular weight is 295 g/mol. The summed E-state index contributed by atoms with van der Waals surface area (Å²) in [5.74, 6) is -2.01. The summed E-state index contributed by atoms with van der Waals surface area (Å²) < 4.78 is 47.2. The van der Waals surface area contributed by atoms with Crippen LogP contribution in [0.25, 0.3) is 0 Å². The number of ether oxygens (including phenoxy) is 1. The van der Waals surface area contributed by atoms with Gasteiger partial charge in [-0.2, -0.15) is 0 Å². The monoisotopic (exact) mass is 295 g/mol. The van der Waals surface area contributed by atoms with E-state index in [1.165, 1.54) is 26.3 Å². The summed E-state index contributed by atoms with van der Waals surface area (Å²) in [4.78, 5) is 0. The van der Waals surface area contributed by atoms with Gasteiger partial charge >= 0.3 is 0 Å². The van der Waals surface area contributed by atoms with E-state index in [4.69, 9.17) is 4.74 Å². The van der Waals surface area contributed by atoms with Crippen LogP contribution < -0.4 is 10.1 Å². The zero-order valence-corrected chi connectivity index (χ0v) is 12.0. The molecule has 0 aromatic heterocycles. The molecule has 0 heterocycles. The van der Waals surface area contributed by atoms with E-state index in [2.05, 4.69) is 5.32 Å². The van der Waals surface area contributed by atoms with E-state index in [1.807, 2.05) is 0 Å². The van der Waals surface area contributed by atoms with Crippen molar-refractivity contribution in [3.63, 3.8) is 0 Å². The fraction of sp³-hybridized carbons (Fsp3) is 0.250. The van der Waals surface area contributed by atoms with Crippen LogP contribution in [0, 0.1) is 24.4 Å². The summed E-state index contributed by atoms with van der Waals surface area (Å²) in [6.07, 6.45) is 0. The third kappa shape index (κ3) is 3.03. The molecule has 0 saturated heterocycles. The van der Waals surface area contributed by atoms with E-state index in [0.717, 1.165) is 17.7 Å². The molecule has 0 aliphatic heterocycles. The Morgan fingerprint density at radius 3 is 2.10 bits per heavy atom. The smallest absolute Gasteiger partial charge is 0.134 e. The predicted octanol–water partition coefficient (Wildman–Crippen LogP) is 3.73. The Hall–Kier alpha value is -2.01.